The van der Waals surface area contributed by atoms with Crippen molar-refractivity contribution >= 4 is 0 Å². The number of nitrogens with one attached hydrogen (secondary N) is 1. The average Bonchev–Trinajstić information content (AvgIpc) is 2.26. The fourth-order valence-electron chi connectivity index (χ4n) is 1.22. The van der Waals surface area contributed by atoms with Crippen LogP contribution in [0.5, 0.6) is 5.75 Å². The Hall–Kier alpha value is -1.13. The van der Waals surface area contributed by atoms with Crippen LogP contribution in [0.1, 0.15) is 6.42 Å². The van der Waals surface area contributed by atoms with Crippen molar-refractivity contribution in [1.82, 2.24) is 5.32 Å². The molecular weight excluding hydrogens is 197 g/mol. The van der Waals surface area contributed by atoms with Crippen LogP contribution in [-0.2, 0) is 0 Å². The second-order valence-corrected chi connectivity index (χ2v) is 3.24. The molecule has 1 aromatic carbocycles. The minimum atomic E-state index is -0.364. The Morgan fingerprint density at radius 2 is 2.20 bits per heavy atom. The first-order valence-corrected chi connectivity index (χ1v) is 4.93. The molecule has 2 N–H and O–H groups in total. The van der Waals surface area contributed by atoms with Crippen molar-refractivity contribution in [3.63, 3.8) is 0 Å². The van der Waals surface area contributed by atoms with Gasteiger partial charge in [-0.05, 0) is 25.6 Å². The van der Waals surface area contributed by atoms with Gasteiger partial charge in [-0.15, -0.1) is 0 Å². The van der Waals surface area contributed by atoms with Crippen LogP contribution in [0.4, 0.5) is 4.39 Å². The molecule has 15 heavy (non-hydrogen) atoms. The summed E-state index contributed by atoms with van der Waals surface area (Å²) in [6.45, 7) is 0.435. The van der Waals surface area contributed by atoms with E-state index in [9.17, 15) is 4.39 Å². The molecule has 0 spiro atoms. The molecule has 0 fully saturated rings. The number of para-hydroxylation sites is 1. The highest BCUT2D eigenvalue weighted by atomic mass is 19.1. The molecule has 0 aliphatic carbocycles. The number of hydrogen-bond donors (Lipinski definition) is 2. The normalized spacial score (nSPS) is 12.5. The second-order valence-electron chi connectivity index (χ2n) is 3.24. The molecule has 0 aliphatic heterocycles. The van der Waals surface area contributed by atoms with Crippen LogP contribution in [0.25, 0.3) is 0 Å². The van der Waals surface area contributed by atoms with Gasteiger partial charge in [-0.25, -0.2) is 4.39 Å². The third kappa shape index (κ3) is 3.85. The van der Waals surface area contributed by atoms with E-state index < -0.39 is 0 Å². The molecule has 0 bridgehead atoms. The van der Waals surface area contributed by atoms with E-state index in [0.717, 1.165) is 0 Å². The van der Waals surface area contributed by atoms with Gasteiger partial charge >= 0.3 is 0 Å². The van der Waals surface area contributed by atoms with Crippen molar-refractivity contribution in [3.05, 3.63) is 30.1 Å². The monoisotopic (exact) mass is 213 g/mol. The molecule has 4 heteroatoms. The average molecular weight is 213 g/mol. The van der Waals surface area contributed by atoms with Crippen molar-refractivity contribution in [2.24, 2.45) is 0 Å². The molecule has 0 heterocycles. The Bertz CT molecular complexity index is 294. The van der Waals surface area contributed by atoms with E-state index in [1.807, 2.05) is 0 Å². The second kappa shape index (κ2) is 6.37. The van der Waals surface area contributed by atoms with Crippen LogP contribution < -0.4 is 10.1 Å². The highest BCUT2D eigenvalue weighted by Crippen LogP contribution is 2.15. The molecule has 1 atom stereocenters. The van der Waals surface area contributed by atoms with Crippen LogP contribution in [-0.4, -0.2) is 31.4 Å². The molecule has 0 radical (unpaired) electrons. The Labute approximate surface area is 88.9 Å². The van der Waals surface area contributed by atoms with Gasteiger partial charge in [0, 0.05) is 12.6 Å². The SMILES string of the molecule is CNC(CCO)COc1ccccc1F. The van der Waals surface area contributed by atoms with Crippen LogP contribution in [0.3, 0.4) is 0 Å². The predicted molar refractivity (Wildman–Crippen MR) is 56.4 cm³/mol. The molecule has 0 aliphatic rings. The molecule has 1 aromatic rings. The van der Waals surface area contributed by atoms with Crippen molar-refractivity contribution in [2.45, 2.75) is 12.5 Å². The lowest BCUT2D eigenvalue weighted by Crippen LogP contribution is -2.32. The summed E-state index contributed by atoms with van der Waals surface area (Å²) in [7, 11) is 1.78. The van der Waals surface area contributed by atoms with E-state index >= 15 is 0 Å². The Balaban J connectivity index is 2.45. The quantitative estimate of drug-likeness (QED) is 0.745. The smallest absolute Gasteiger partial charge is 0.165 e. The van der Waals surface area contributed by atoms with Gasteiger partial charge in [0.25, 0.3) is 0 Å². The van der Waals surface area contributed by atoms with Crippen LogP contribution in [0.15, 0.2) is 24.3 Å². The number of aliphatic hydroxyl groups is 1. The van der Waals surface area contributed by atoms with E-state index in [0.29, 0.717) is 13.0 Å². The number of likely N-dealkylation sites (N-methyl/N-ethyl adjacent to an activating group) is 1. The van der Waals surface area contributed by atoms with Crippen LogP contribution in [0, 0.1) is 5.82 Å². The highest BCUT2D eigenvalue weighted by Gasteiger charge is 2.07. The van der Waals surface area contributed by atoms with Gasteiger partial charge in [-0.3, -0.25) is 0 Å². The fourth-order valence-corrected chi connectivity index (χ4v) is 1.22. The number of hydrogen-bond acceptors (Lipinski definition) is 3. The Morgan fingerprint density at radius 3 is 2.80 bits per heavy atom. The topological polar surface area (TPSA) is 41.5 Å². The zero-order valence-corrected chi connectivity index (χ0v) is 8.74. The summed E-state index contributed by atoms with van der Waals surface area (Å²) in [5.74, 6) is -0.118. The molecule has 0 saturated carbocycles. The lowest BCUT2D eigenvalue weighted by Gasteiger charge is -2.15. The number of aliphatic hydroxyl groups excluding tert-OH is 1. The van der Waals surface area contributed by atoms with Crippen molar-refractivity contribution < 1.29 is 14.2 Å². The van der Waals surface area contributed by atoms with E-state index in [-0.39, 0.29) is 24.2 Å². The first kappa shape index (κ1) is 11.9. The van der Waals surface area contributed by atoms with E-state index in [1.165, 1.54) is 6.07 Å². The predicted octanol–water partition coefficient (Wildman–Crippen LogP) is 1.17. The maximum atomic E-state index is 13.1. The first-order chi connectivity index (χ1) is 7.27. The maximum absolute atomic E-state index is 13.1. The maximum Gasteiger partial charge on any atom is 0.165 e. The first-order valence-electron chi connectivity index (χ1n) is 4.93. The summed E-state index contributed by atoms with van der Waals surface area (Å²) < 4.78 is 18.4. The molecular formula is C11H16FNO2. The third-order valence-electron chi connectivity index (χ3n) is 2.16. The zero-order valence-electron chi connectivity index (χ0n) is 8.74. The number of ether oxygens (including phenoxy) is 1. The number of halogens is 1. The van der Waals surface area contributed by atoms with Crippen molar-refractivity contribution in [2.75, 3.05) is 20.3 Å². The van der Waals surface area contributed by atoms with E-state index in [2.05, 4.69) is 5.32 Å². The molecule has 3 nitrogen and oxygen atoms in total. The molecule has 1 unspecified atom stereocenters. The summed E-state index contributed by atoms with van der Waals surface area (Å²) >= 11 is 0. The van der Waals surface area contributed by atoms with E-state index in [1.54, 1.807) is 25.2 Å². The molecule has 0 amide bonds. The Morgan fingerprint density at radius 1 is 1.47 bits per heavy atom. The highest BCUT2D eigenvalue weighted by molar-refractivity contribution is 5.23. The van der Waals surface area contributed by atoms with Gasteiger partial charge in [-0.2, -0.15) is 0 Å². The van der Waals surface area contributed by atoms with Gasteiger partial charge in [0.15, 0.2) is 11.6 Å². The number of benzene rings is 1. The van der Waals surface area contributed by atoms with Gasteiger partial charge in [-0.1, -0.05) is 12.1 Å². The largest absolute Gasteiger partial charge is 0.489 e. The molecule has 0 saturated heterocycles. The summed E-state index contributed by atoms with van der Waals surface area (Å²) in [6.07, 6.45) is 0.588. The molecule has 84 valence electrons. The minimum Gasteiger partial charge on any atom is -0.489 e. The summed E-state index contributed by atoms with van der Waals surface area (Å²) in [5.41, 5.74) is 0. The summed E-state index contributed by atoms with van der Waals surface area (Å²) in [6, 6.07) is 6.32. The lowest BCUT2D eigenvalue weighted by molar-refractivity contribution is 0.214. The fraction of sp³-hybridized carbons (Fsp3) is 0.455. The van der Waals surface area contributed by atoms with Gasteiger partial charge in [0.05, 0.1) is 0 Å². The third-order valence-corrected chi connectivity index (χ3v) is 2.16. The standard InChI is InChI=1S/C11H16FNO2/c1-13-9(6-7-14)8-15-11-5-3-2-4-10(11)12/h2-5,9,13-14H,6-8H2,1H3. The van der Waals surface area contributed by atoms with Crippen LogP contribution in [0.2, 0.25) is 0 Å². The summed E-state index contributed by atoms with van der Waals surface area (Å²) in [4.78, 5) is 0. The van der Waals surface area contributed by atoms with Crippen molar-refractivity contribution in [1.29, 1.82) is 0 Å². The zero-order chi connectivity index (χ0) is 11.1. The van der Waals surface area contributed by atoms with Gasteiger partial charge in [0.2, 0.25) is 0 Å². The molecule has 1 rings (SSSR count). The molecule has 0 aromatic heterocycles. The summed E-state index contributed by atoms with van der Waals surface area (Å²) in [5, 5.41) is 11.7. The van der Waals surface area contributed by atoms with E-state index in [4.69, 9.17) is 9.84 Å². The number of rotatable bonds is 6. The van der Waals surface area contributed by atoms with Gasteiger partial charge < -0.3 is 15.2 Å². The Kier molecular flexibility index (Phi) is 5.07. The van der Waals surface area contributed by atoms with Gasteiger partial charge in [0.1, 0.15) is 6.61 Å². The minimum absolute atomic E-state index is 0.0367. The van der Waals surface area contributed by atoms with Crippen molar-refractivity contribution in [3.8, 4) is 5.75 Å². The lowest BCUT2D eigenvalue weighted by atomic mass is 10.2. The van der Waals surface area contributed by atoms with Crippen LogP contribution >= 0.6 is 0 Å².